The molecule has 2 fully saturated rings. The molecule has 1 saturated heterocycles. The smallest absolute Gasteiger partial charge is 0.305 e. The fourth-order valence-electron chi connectivity index (χ4n) is 4.57. The first kappa shape index (κ1) is 19.4. The van der Waals surface area contributed by atoms with E-state index in [1.807, 2.05) is 30.0 Å². The van der Waals surface area contributed by atoms with Crippen LogP contribution in [0.2, 0.25) is 0 Å². The Balaban J connectivity index is 1.85. The van der Waals surface area contributed by atoms with Crippen LogP contribution in [0, 0.1) is 5.92 Å². The number of carboxylic acids is 1. The molecule has 6 nitrogen and oxygen atoms in total. The maximum atomic E-state index is 13.3. The van der Waals surface area contributed by atoms with E-state index in [0.717, 1.165) is 25.7 Å². The van der Waals surface area contributed by atoms with Gasteiger partial charge < -0.3 is 14.9 Å². The molecule has 27 heavy (non-hydrogen) atoms. The summed E-state index contributed by atoms with van der Waals surface area (Å²) in [5.74, 6) is -0.757. The monoisotopic (exact) mass is 372 g/mol. The summed E-state index contributed by atoms with van der Waals surface area (Å²) in [5.41, 5.74) is 0.607. The predicted octanol–water partition coefficient (Wildman–Crippen LogP) is 2.78. The quantitative estimate of drug-likeness (QED) is 0.833. The summed E-state index contributed by atoms with van der Waals surface area (Å²) in [4.78, 5) is 40.8. The molecular weight excluding hydrogens is 344 g/mol. The van der Waals surface area contributed by atoms with Gasteiger partial charge in [-0.15, -0.1) is 0 Å². The first-order chi connectivity index (χ1) is 13.0. The molecule has 3 atom stereocenters. The van der Waals surface area contributed by atoms with Gasteiger partial charge in [0.15, 0.2) is 0 Å². The molecule has 1 heterocycles. The molecule has 1 aliphatic carbocycles. The zero-order chi connectivity index (χ0) is 19.4. The van der Waals surface area contributed by atoms with Gasteiger partial charge in [0, 0.05) is 24.7 Å². The number of hydrogen-bond acceptors (Lipinski definition) is 3. The van der Waals surface area contributed by atoms with Gasteiger partial charge in [0.25, 0.3) is 5.91 Å². The van der Waals surface area contributed by atoms with E-state index in [-0.39, 0.29) is 30.8 Å². The van der Waals surface area contributed by atoms with Gasteiger partial charge in [-0.3, -0.25) is 14.4 Å². The van der Waals surface area contributed by atoms with Crippen LogP contribution in [0.15, 0.2) is 30.3 Å². The molecule has 1 saturated carbocycles. The number of carboxylic acid groups (broad SMARTS) is 1. The summed E-state index contributed by atoms with van der Waals surface area (Å²) in [6.07, 6.45) is 4.82. The summed E-state index contributed by atoms with van der Waals surface area (Å²) >= 11 is 0. The van der Waals surface area contributed by atoms with Crippen LogP contribution >= 0.6 is 0 Å². The molecule has 1 aliphatic heterocycles. The fourth-order valence-corrected chi connectivity index (χ4v) is 4.57. The van der Waals surface area contributed by atoms with Crippen molar-refractivity contribution in [2.24, 2.45) is 5.92 Å². The van der Waals surface area contributed by atoms with E-state index >= 15 is 0 Å². The highest BCUT2D eigenvalue weighted by molar-refractivity contribution is 5.98. The largest absolute Gasteiger partial charge is 0.481 e. The third-order valence-corrected chi connectivity index (χ3v) is 5.92. The number of nitrogens with zero attached hydrogens (tertiary/aromatic N) is 2. The highest BCUT2D eigenvalue weighted by atomic mass is 16.4. The fraction of sp³-hybridized carbons (Fsp3) is 0.571. The minimum absolute atomic E-state index is 0.0776. The van der Waals surface area contributed by atoms with Crippen LogP contribution in [0.3, 0.4) is 0 Å². The SMILES string of the molecule is CCN(CCC(=O)O)C(=O)C1CC2CCCCC2N1C(=O)c1ccccc1. The van der Waals surface area contributed by atoms with E-state index in [4.69, 9.17) is 5.11 Å². The minimum atomic E-state index is -0.918. The van der Waals surface area contributed by atoms with Crippen LogP contribution in [-0.2, 0) is 9.59 Å². The number of aliphatic carboxylic acids is 1. The molecule has 0 aromatic heterocycles. The topological polar surface area (TPSA) is 77.9 Å². The Morgan fingerprint density at radius 1 is 1.15 bits per heavy atom. The third-order valence-electron chi connectivity index (χ3n) is 5.92. The number of likely N-dealkylation sites (N-methyl/N-ethyl adjacent to an activating group) is 1. The number of amides is 2. The molecule has 0 spiro atoms. The van der Waals surface area contributed by atoms with Gasteiger partial charge in [0.1, 0.15) is 6.04 Å². The Morgan fingerprint density at radius 3 is 2.52 bits per heavy atom. The summed E-state index contributed by atoms with van der Waals surface area (Å²) < 4.78 is 0. The Morgan fingerprint density at radius 2 is 1.85 bits per heavy atom. The highest BCUT2D eigenvalue weighted by Gasteiger charge is 2.48. The molecule has 1 aromatic rings. The lowest BCUT2D eigenvalue weighted by atomic mass is 9.84. The molecule has 146 valence electrons. The molecule has 3 rings (SSSR count). The molecule has 6 heteroatoms. The van der Waals surface area contributed by atoms with Gasteiger partial charge in [-0.2, -0.15) is 0 Å². The summed E-state index contributed by atoms with van der Waals surface area (Å²) in [6.45, 7) is 2.49. The number of carbonyl (C=O) groups excluding carboxylic acids is 2. The van der Waals surface area contributed by atoms with Crippen molar-refractivity contribution >= 4 is 17.8 Å². The third kappa shape index (κ3) is 4.15. The Hall–Kier alpha value is -2.37. The number of hydrogen-bond donors (Lipinski definition) is 1. The molecule has 0 bridgehead atoms. The van der Waals surface area contributed by atoms with Gasteiger partial charge in [0.2, 0.25) is 5.91 Å². The van der Waals surface area contributed by atoms with Crippen molar-refractivity contribution < 1.29 is 19.5 Å². The van der Waals surface area contributed by atoms with Crippen molar-refractivity contribution in [2.45, 2.75) is 57.5 Å². The lowest BCUT2D eigenvalue weighted by molar-refractivity contribution is -0.139. The molecule has 3 unspecified atom stereocenters. The molecular formula is C21H28N2O4. The van der Waals surface area contributed by atoms with Crippen LogP contribution in [0.25, 0.3) is 0 Å². The van der Waals surface area contributed by atoms with Crippen LogP contribution in [-0.4, -0.2) is 57.9 Å². The summed E-state index contributed by atoms with van der Waals surface area (Å²) in [5, 5.41) is 8.96. The first-order valence-corrected chi connectivity index (χ1v) is 9.91. The Bertz CT molecular complexity index is 691. The maximum Gasteiger partial charge on any atom is 0.305 e. The van der Waals surface area contributed by atoms with Gasteiger partial charge in [-0.25, -0.2) is 0 Å². The molecule has 2 aliphatic rings. The van der Waals surface area contributed by atoms with Crippen molar-refractivity contribution in [1.82, 2.24) is 9.80 Å². The molecule has 0 radical (unpaired) electrons. The van der Waals surface area contributed by atoms with Gasteiger partial charge in [-0.1, -0.05) is 31.0 Å². The second-order valence-electron chi connectivity index (χ2n) is 7.50. The minimum Gasteiger partial charge on any atom is -0.481 e. The van der Waals surface area contributed by atoms with E-state index in [0.29, 0.717) is 24.4 Å². The number of rotatable bonds is 6. The van der Waals surface area contributed by atoms with Crippen molar-refractivity contribution in [3.8, 4) is 0 Å². The summed E-state index contributed by atoms with van der Waals surface area (Å²) in [6, 6.07) is 8.76. The normalized spacial score (nSPS) is 24.3. The lowest BCUT2D eigenvalue weighted by Crippen LogP contribution is -2.51. The average molecular weight is 372 g/mol. The standard InChI is InChI=1S/C21H28N2O4/c1-2-22(13-12-19(24)25)21(27)18-14-16-10-6-7-11-17(16)23(18)20(26)15-8-4-3-5-9-15/h3-5,8-9,16-18H,2,6-7,10-14H2,1H3,(H,24,25). The van der Waals surface area contributed by atoms with Crippen molar-refractivity contribution in [3.63, 3.8) is 0 Å². The predicted molar refractivity (Wildman–Crippen MR) is 101 cm³/mol. The number of benzene rings is 1. The number of likely N-dealkylation sites (tertiary alicyclic amines) is 1. The van der Waals surface area contributed by atoms with Crippen LogP contribution in [0.1, 0.15) is 55.8 Å². The van der Waals surface area contributed by atoms with Gasteiger partial charge >= 0.3 is 5.97 Å². The van der Waals surface area contributed by atoms with Crippen LogP contribution in [0.4, 0.5) is 0 Å². The van der Waals surface area contributed by atoms with E-state index in [1.165, 1.54) is 0 Å². The van der Waals surface area contributed by atoms with Gasteiger partial charge in [0.05, 0.1) is 6.42 Å². The van der Waals surface area contributed by atoms with Crippen molar-refractivity contribution in [3.05, 3.63) is 35.9 Å². The summed E-state index contributed by atoms with van der Waals surface area (Å²) in [7, 11) is 0. The van der Waals surface area contributed by atoms with Crippen LogP contribution < -0.4 is 0 Å². The van der Waals surface area contributed by atoms with E-state index < -0.39 is 12.0 Å². The Kier molecular flexibility index (Phi) is 6.14. The average Bonchev–Trinajstić information content (AvgIpc) is 3.07. The maximum absolute atomic E-state index is 13.3. The molecule has 2 amide bonds. The number of fused-ring (bicyclic) bond motifs is 1. The molecule has 1 aromatic carbocycles. The zero-order valence-corrected chi connectivity index (χ0v) is 15.8. The number of carbonyl (C=O) groups is 3. The first-order valence-electron chi connectivity index (χ1n) is 9.91. The molecule has 1 N–H and O–H groups in total. The highest BCUT2D eigenvalue weighted by Crippen LogP contribution is 2.41. The zero-order valence-electron chi connectivity index (χ0n) is 15.8. The van der Waals surface area contributed by atoms with Crippen LogP contribution in [0.5, 0.6) is 0 Å². The van der Waals surface area contributed by atoms with E-state index in [1.54, 1.807) is 17.0 Å². The Labute approximate surface area is 160 Å². The van der Waals surface area contributed by atoms with E-state index in [9.17, 15) is 14.4 Å². The second-order valence-corrected chi connectivity index (χ2v) is 7.50. The van der Waals surface area contributed by atoms with Crippen molar-refractivity contribution in [1.29, 1.82) is 0 Å². The second kappa shape index (κ2) is 8.55. The van der Waals surface area contributed by atoms with Crippen molar-refractivity contribution in [2.75, 3.05) is 13.1 Å². The van der Waals surface area contributed by atoms with Gasteiger partial charge in [-0.05, 0) is 44.2 Å². The lowest BCUT2D eigenvalue weighted by Gasteiger charge is -2.35. The van der Waals surface area contributed by atoms with E-state index in [2.05, 4.69) is 0 Å².